The maximum atomic E-state index is 11.4. The average Bonchev–Trinajstić information content (AvgIpc) is 2.28. The summed E-state index contributed by atoms with van der Waals surface area (Å²) in [5, 5.41) is 0. The predicted octanol–water partition coefficient (Wildman–Crippen LogP) is 2.60. The van der Waals surface area contributed by atoms with Gasteiger partial charge in [0.2, 0.25) is 0 Å². The molecule has 0 aromatic heterocycles. The van der Waals surface area contributed by atoms with Gasteiger partial charge in [-0.25, -0.2) is 0 Å². The summed E-state index contributed by atoms with van der Waals surface area (Å²) >= 11 is 3.44. The molecule has 90 valence electrons. The fourth-order valence-electron chi connectivity index (χ4n) is 1.54. The van der Waals surface area contributed by atoms with Gasteiger partial charge in [-0.3, -0.25) is 4.79 Å². The van der Waals surface area contributed by atoms with Gasteiger partial charge in [0.05, 0.1) is 0 Å². The molecule has 0 fully saturated rings. The Morgan fingerprint density at radius 3 is 2.69 bits per heavy atom. The third-order valence-corrected chi connectivity index (χ3v) is 3.22. The van der Waals surface area contributed by atoms with E-state index in [0.717, 1.165) is 0 Å². The van der Waals surface area contributed by atoms with Crippen molar-refractivity contribution < 1.29 is 14.3 Å². The molecule has 0 aromatic carbocycles. The van der Waals surface area contributed by atoms with E-state index in [1.165, 1.54) is 0 Å². The Bertz CT molecular complexity index is 293. The van der Waals surface area contributed by atoms with Crippen LogP contribution in [0, 0.1) is 0 Å². The monoisotopic (exact) mass is 288 g/mol. The van der Waals surface area contributed by atoms with Gasteiger partial charge < -0.3 is 9.47 Å². The van der Waals surface area contributed by atoms with Gasteiger partial charge in [0, 0.05) is 38.3 Å². The highest BCUT2D eigenvalue weighted by atomic mass is 79.9. The maximum absolute atomic E-state index is 11.4. The number of carbonyl (C=O) groups is 1. The first kappa shape index (κ1) is 13.6. The number of alkyl halides is 1. The van der Waals surface area contributed by atoms with E-state index in [-0.39, 0.29) is 10.6 Å². The van der Waals surface area contributed by atoms with Crippen LogP contribution in [0.3, 0.4) is 0 Å². The highest BCUT2D eigenvalue weighted by Crippen LogP contribution is 2.22. The Labute approximate surface area is 105 Å². The van der Waals surface area contributed by atoms with Crippen molar-refractivity contribution in [2.45, 2.75) is 29.9 Å². The molecular formula is C12H17BrO3. The molecule has 1 aliphatic carbocycles. The van der Waals surface area contributed by atoms with Gasteiger partial charge in [-0.05, 0) is 6.08 Å². The molecule has 1 unspecified atom stereocenters. The van der Waals surface area contributed by atoms with E-state index in [2.05, 4.69) is 15.9 Å². The number of ether oxygens (including phenoxy) is 2. The quantitative estimate of drug-likeness (QED) is 0.445. The third-order valence-electron chi connectivity index (χ3n) is 2.59. The van der Waals surface area contributed by atoms with E-state index < -0.39 is 5.79 Å². The molecule has 0 aliphatic heterocycles. The first-order valence-corrected chi connectivity index (χ1v) is 6.14. The summed E-state index contributed by atoms with van der Waals surface area (Å²) < 4.78 is 10.7. The van der Waals surface area contributed by atoms with Gasteiger partial charge in [-0.1, -0.05) is 34.2 Å². The van der Waals surface area contributed by atoms with E-state index in [0.29, 0.717) is 19.3 Å². The lowest BCUT2D eigenvalue weighted by molar-refractivity contribution is -0.167. The van der Waals surface area contributed by atoms with Crippen molar-refractivity contribution in [3.8, 4) is 0 Å². The number of ketones is 1. The molecule has 0 amide bonds. The zero-order valence-corrected chi connectivity index (χ0v) is 11.2. The number of rotatable bonds is 2. The van der Waals surface area contributed by atoms with E-state index in [9.17, 15) is 4.79 Å². The Morgan fingerprint density at radius 1 is 1.38 bits per heavy atom. The van der Waals surface area contributed by atoms with Gasteiger partial charge in [0.1, 0.15) is 5.78 Å². The minimum Gasteiger partial charge on any atom is -0.349 e. The fourth-order valence-corrected chi connectivity index (χ4v) is 2.05. The Kier molecular flexibility index (Phi) is 5.38. The second-order valence-electron chi connectivity index (χ2n) is 3.72. The van der Waals surface area contributed by atoms with Crippen LogP contribution in [0.2, 0.25) is 0 Å². The van der Waals surface area contributed by atoms with E-state index in [4.69, 9.17) is 9.47 Å². The number of hydrogen-bond acceptors (Lipinski definition) is 3. The lowest BCUT2D eigenvalue weighted by atomic mass is 10.1. The predicted molar refractivity (Wildman–Crippen MR) is 66.6 cm³/mol. The number of carbonyl (C=O) groups excluding carboxylic acids is 1. The Hall–Kier alpha value is -0.450. The molecule has 1 atom stereocenters. The van der Waals surface area contributed by atoms with Crippen LogP contribution < -0.4 is 0 Å². The third kappa shape index (κ3) is 3.85. The van der Waals surface area contributed by atoms with Crippen molar-refractivity contribution >= 4 is 21.7 Å². The lowest BCUT2D eigenvalue weighted by Gasteiger charge is -2.27. The second kappa shape index (κ2) is 6.33. The van der Waals surface area contributed by atoms with E-state index in [1.54, 1.807) is 14.2 Å². The van der Waals surface area contributed by atoms with Gasteiger partial charge in [0.15, 0.2) is 5.79 Å². The van der Waals surface area contributed by atoms with Gasteiger partial charge in [-0.15, -0.1) is 0 Å². The topological polar surface area (TPSA) is 35.5 Å². The fraction of sp³-hybridized carbons (Fsp3) is 0.583. The summed E-state index contributed by atoms with van der Waals surface area (Å²) in [6.45, 7) is 0. The van der Waals surface area contributed by atoms with Crippen LogP contribution in [0.25, 0.3) is 0 Å². The van der Waals surface area contributed by atoms with Crippen LogP contribution in [0.4, 0.5) is 0 Å². The first-order valence-electron chi connectivity index (χ1n) is 5.22. The summed E-state index contributed by atoms with van der Waals surface area (Å²) in [6.07, 6.45) is 9.12. The molecule has 0 bridgehead atoms. The molecule has 0 radical (unpaired) electrons. The van der Waals surface area contributed by atoms with Crippen LogP contribution >= 0.6 is 15.9 Å². The number of Topliss-reactive ketones (excluding diaryl/α,β-unsaturated/α-hetero) is 1. The minimum atomic E-state index is -0.719. The standard InChI is InChI=1S/C12H17BrO3/c1-15-12(16-2)7-4-3-5-11(14)9-10(13)6-8-12/h3-4,6,8,10H,5,7,9H2,1-2H3/b4-3-,8-6?. The van der Waals surface area contributed by atoms with Crippen LogP contribution in [0.15, 0.2) is 24.3 Å². The maximum Gasteiger partial charge on any atom is 0.190 e. The van der Waals surface area contributed by atoms with Crippen molar-refractivity contribution in [2.24, 2.45) is 0 Å². The molecule has 16 heavy (non-hydrogen) atoms. The zero-order chi connectivity index (χ0) is 12.0. The molecule has 0 spiro atoms. The van der Waals surface area contributed by atoms with Crippen LogP contribution in [-0.4, -0.2) is 30.6 Å². The van der Waals surface area contributed by atoms with Crippen molar-refractivity contribution in [3.63, 3.8) is 0 Å². The number of halogens is 1. The molecule has 4 heteroatoms. The van der Waals surface area contributed by atoms with Crippen molar-refractivity contribution in [2.75, 3.05) is 14.2 Å². The smallest absolute Gasteiger partial charge is 0.190 e. The highest BCUT2D eigenvalue weighted by molar-refractivity contribution is 9.09. The number of allylic oxidation sites excluding steroid dienone is 2. The summed E-state index contributed by atoms with van der Waals surface area (Å²) in [4.78, 5) is 11.5. The summed E-state index contributed by atoms with van der Waals surface area (Å²) in [6, 6.07) is 0. The molecule has 0 saturated heterocycles. The SMILES string of the molecule is COC1(OC)C=CC(Br)CC(=O)C/C=C\C1. The zero-order valence-electron chi connectivity index (χ0n) is 9.61. The Morgan fingerprint density at radius 2 is 2.06 bits per heavy atom. The lowest BCUT2D eigenvalue weighted by Crippen LogP contribution is -2.31. The van der Waals surface area contributed by atoms with Crippen molar-refractivity contribution in [3.05, 3.63) is 24.3 Å². The molecule has 3 nitrogen and oxygen atoms in total. The average molecular weight is 289 g/mol. The molecule has 0 aromatic rings. The second-order valence-corrected chi connectivity index (χ2v) is 4.89. The van der Waals surface area contributed by atoms with Gasteiger partial charge in [-0.2, -0.15) is 0 Å². The van der Waals surface area contributed by atoms with Crippen LogP contribution in [0.1, 0.15) is 19.3 Å². The summed E-state index contributed by atoms with van der Waals surface area (Å²) in [5.74, 6) is -0.492. The Balaban J connectivity index is 2.85. The van der Waals surface area contributed by atoms with E-state index in [1.807, 2.05) is 24.3 Å². The van der Waals surface area contributed by atoms with Crippen molar-refractivity contribution in [1.82, 2.24) is 0 Å². The normalized spacial score (nSPS) is 27.7. The largest absolute Gasteiger partial charge is 0.349 e. The van der Waals surface area contributed by atoms with Crippen molar-refractivity contribution in [1.29, 1.82) is 0 Å². The van der Waals surface area contributed by atoms with Gasteiger partial charge in [0.25, 0.3) is 0 Å². The molecule has 0 N–H and O–H groups in total. The molecular weight excluding hydrogens is 272 g/mol. The molecule has 1 aliphatic rings. The minimum absolute atomic E-state index is 0.0381. The number of hydrogen-bond donors (Lipinski definition) is 0. The first-order chi connectivity index (χ1) is 7.62. The van der Waals surface area contributed by atoms with E-state index >= 15 is 0 Å². The summed E-state index contributed by atoms with van der Waals surface area (Å²) in [7, 11) is 3.23. The number of methoxy groups -OCH3 is 2. The molecule has 0 saturated carbocycles. The van der Waals surface area contributed by atoms with Gasteiger partial charge >= 0.3 is 0 Å². The molecule has 1 rings (SSSR count). The van der Waals surface area contributed by atoms with Crippen LogP contribution in [0.5, 0.6) is 0 Å². The van der Waals surface area contributed by atoms with Crippen LogP contribution in [-0.2, 0) is 14.3 Å². The molecule has 0 heterocycles. The highest BCUT2D eigenvalue weighted by Gasteiger charge is 2.25. The summed E-state index contributed by atoms with van der Waals surface area (Å²) in [5.41, 5.74) is 0.